The molecular formula is C12H15N3O2S. The van der Waals surface area contributed by atoms with Gasteiger partial charge in [-0.05, 0) is 30.8 Å². The largest absolute Gasteiger partial charge is 0.465 e. The van der Waals surface area contributed by atoms with Crippen LogP contribution in [0.5, 0.6) is 0 Å². The number of ether oxygens (including phenoxy) is 1. The number of nitrogens with zero attached hydrogens (tertiary/aromatic N) is 1. The Morgan fingerprint density at radius 1 is 1.50 bits per heavy atom. The van der Waals surface area contributed by atoms with E-state index in [1.165, 1.54) is 7.11 Å². The van der Waals surface area contributed by atoms with Gasteiger partial charge in [0.1, 0.15) is 0 Å². The summed E-state index contributed by atoms with van der Waals surface area (Å²) in [7, 11) is 1.36. The third-order valence-electron chi connectivity index (χ3n) is 2.68. The lowest BCUT2D eigenvalue weighted by molar-refractivity contribution is 0.0602. The molecule has 1 heterocycles. The Morgan fingerprint density at radius 2 is 2.28 bits per heavy atom. The van der Waals surface area contributed by atoms with E-state index in [-0.39, 0.29) is 5.97 Å². The lowest BCUT2D eigenvalue weighted by Gasteiger charge is -2.20. The van der Waals surface area contributed by atoms with Gasteiger partial charge in [0.2, 0.25) is 0 Å². The average Bonchev–Trinajstić information content (AvgIpc) is 2.92. The van der Waals surface area contributed by atoms with Gasteiger partial charge in [-0.3, -0.25) is 5.01 Å². The van der Waals surface area contributed by atoms with Crippen molar-refractivity contribution in [3.8, 4) is 0 Å². The highest BCUT2D eigenvalue weighted by Gasteiger charge is 2.17. The number of benzene rings is 1. The fourth-order valence-electron chi connectivity index (χ4n) is 1.77. The summed E-state index contributed by atoms with van der Waals surface area (Å²) < 4.78 is 4.73. The summed E-state index contributed by atoms with van der Waals surface area (Å²) in [6, 6.07) is 7.13. The molecule has 0 bridgehead atoms. The van der Waals surface area contributed by atoms with E-state index in [4.69, 9.17) is 17.0 Å². The van der Waals surface area contributed by atoms with Crippen LogP contribution in [0.4, 0.5) is 5.69 Å². The summed E-state index contributed by atoms with van der Waals surface area (Å²) in [5.41, 5.74) is 4.28. The molecule has 1 aliphatic rings. The molecule has 0 radical (unpaired) electrons. The minimum Gasteiger partial charge on any atom is -0.465 e. The van der Waals surface area contributed by atoms with E-state index in [0.29, 0.717) is 16.4 Å². The molecule has 1 aromatic rings. The summed E-state index contributed by atoms with van der Waals surface area (Å²) in [4.78, 5) is 11.6. The van der Waals surface area contributed by atoms with Crippen LogP contribution in [0.3, 0.4) is 0 Å². The number of carbonyl (C=O) groups excluding carboxylic acids is 1. The third kappa shape index (κ3) is 2.77. The third-order valence-corrected chi connectivity index (χ3v) is 3.00. The molecule has 0 unspecified atom stereocenters. The van der Waals surface area contributed by atoms with Gasteiger partial charge in [0.05, 0.1) is 18.4 Å². The Morgan fingerprint density at radius 3 is 2.94 bits per heavy atom. The molecule has 0 spiro atoms. The molecular weight excluding hydrogens is 250 g/mol. The number of hydrogen-bond acceptors (Lipinski definition) is 4. The first-order chi connectivity index (χ1) is 8.72. The zero-order chi connectivity index (χ0) is 13.0. The first kappa shape index (κ1) is 12.8. The first-order valence-corrected chi connectivity index (χ1v) is 6.12. The van der Waals surface area contributed by atoms with Crippen LogP contribution in [0.25, 0.3) is 0 Å². The molecule has 1 saturated heterocycles. The number of methoxy groups -OCH3 is 1. The van der Waals surface area contributed by atoms with Crippen molar-refractivity contribution in [2.75, 3.05) is 25.5 Å². The summed E-state index contributed by atoms with van der Waals surface area (Å²) >= 11 is 5.28. The maximum atomic E-state index is 11.6. The van der Waals surface area contributed by atoms with Crippen molar-refractivity contribution in [3.05, 3.63) is 29.8 Å². The van der Waals surface area contributed by atoms with Crippen LogP contribution >= 0.6 is 12.2 Å². The number of hydrazine groups is 1. The maximum absolute atomic E-state index is 11.6. The summed E-state index contributed by atoms with van der Waals surface area (Å²) in [6.45, 7) is 1.78. The van der Waals surface area contributed by atoms with Gasteiger partial charge >= 0.3 is 5.97 Å². The molecule has 2 N–H and O–H groups in total. The van der Waals surface area contributed by atoms with Gasteiger partial charge in [-0.15, -0.1) is 0 Å². The van der Waals surface area contributed by atoms with Crippen molar-refractivity contribution < 1.29 is 9.53 Å². The van der Waals surface area contributed by atoms with Crippen molar-refractivity contribution in [2.45, 2.75) is 6.42 Å². The lowest BCUT2D eigenvalue weighted by atomic mass is 10.2. The van der Waals surface area contributed by atoms with Gasteiger partial charge in [-0.1, -0.05) is 12.1 Å². The van der Waals surface area contributed by atoms with Crippen molar-refractivity contribution in [3.63, 3.8) is 0 Å². The number of rotatable bonds is 2. The van der Waals surface area contributed by atoms with Crippen molar-refractivity contribution in [1.29, 1.82) is 0 Å². The number of para-hydroxylation sites is 1. The molecule has 96 valence electrons. The topological polar surface area (TPSA) is 53.6 Å². The molecule has 1 aliphatic heterocycles. The lowest BCUT2D eigenvalue weighted by Crippen LogP contribution is -2.40. The fraction of sp³-hybridized carbons (Fsp3) is 0.333. The monoisotopic (exact) mass is 265 g/mol. The van der Waals surface area contributed by atoms with E-state index in [9.17, 15) is 4.79 Å². The second-order valence-electron chi connectivity index (χ2n) is 3.88. The van der Waals surface area contributed by atoms with Crippen LogP contribution in [-0.4, -0.2) is 36.3 Å². The van der Waals surface area contributed by atoms with E-state index >= 15 is 0 Å². The Bertz CT molecular complexity index is 458. The summed E-state index contributed by atoms with van der Waals surface area (Å²) in [6.07, 6.45) is 1.06. The van der Waals surface area contributed by atoms with E-state index in [2.05, 4.69) is 10.7 Å². The number of esters is 1. The zero-order valence-corrected chi connectivity index (χ0v) is 10.9. The van der Waals surface area contributed by atoms with Crippen LogP contribution in [0.1, 0.15) is 16.8 Å². The second-order valence-corrected chi connectivity index (χ2v) is 4.27. The number of anilines is 1. The van der Waals surface area contributed by atoms with Crippen LogP contribution in [-0.2, 0) is 4.74 Å². The van der Waals surface area contributed by atoms with Gasteiger partial charge in [-0.25, -0.2) is 10.2 Å². The van der Waals surface area contributed by atoms with E-state index in [1.807, 2.05) is 11.1 Å². The van der Waals surface area contributed by atoms with Gasteiger partial charge in [0, 0.05) is 13.1 Å². The molecule has 0 atom stereocenters. The minimum atomic E-state index is -0.379. The number of nitrogens with one attached hydrogen (secondary N) is 2. The Balaban J connectivity index is 2.13. The molecule has 18 heavy (non-hydrogen) atoms. The van der Waals surface area contributed by atoms with E-state index in [1.54, 1.807) is 18.2 Å². The Labute approximate surface area is 111 Å². The van der Waals surface area contributed by atoms with E-state index in [0.717, 1.165) is 19.5 Å². The van der Waals surface area contributed by atoms with Crippen molar-refractivity contribution in [1.82, 2.24) is 10.4 Å². The smallest absolute Gasteiger partial charge is 0.339 e. The standard InChI is InChI=1S/C12H15N3O2S/c1-17-11(16)9-5-2-3-6-10(9)14-12(18)15-8-4-7-13-15/h2-3,5-6,13H,4,7-8H2,1H3,(H,14,18). The second kappa shape index (κ2) is 5.79. The molecule has 0 aromatic heterocycles. The minimum absolute atomic E-state index is 0.379. The Kier molecular flexibility index (Phi) is 4.11. The van der Waals surface area contributed by atoms with Crippen molar-refractivity contribution >= 4 is 29.0 Å². The molecule has 1 aromatic carbocycles. The van der Waals surface area contributed by atoms with Crippen LogP contribution < -0.4 is 10.7 Å². The maximum Gasteiger partial charge on any atom is 0.339 e. The van der Waals surface area contributed by atoms with Crippen molar-refractivity contribution in [2.24, 2.45) is 0 Å². The van der Waals surface area contributed by atoms with Gasteiger partial charge in [-0.2, -0.15) is 0 Å². The molecule has 0 amide bonds. The molecule has 1 fully saturated rings. The molecule has 2 rings (SSSR count). The average molecular weight is 265 g/mol. The summed E-state index contributed by atoms with van der Waals surface area (Å²) in [5.74, 6) is -0.379. The number of thiocarbonyl (C=S) groups is 1. The van der Waals surface area contributed by atoms with Gasteiger partial charge in [0.25, 0.3) is 0 Å². The predicted molar refractivity (Wildman–Crippen MR) is 73.3 cm³/mol. The van der Waals surface area contributed by atoms with Gasteiger partial charge < -0.3 is 10.1 Å². The van der Waals surface area contributed by atoms with E-state index < -0.39 is 0 Å². The highest BCUT2D eigenvalue weighted by molar-refractivity contribution is 7.80. The summed E-state index contributed by atoms with van der Waals surface area (Å²) in [5, 5.41) is 5.49. The quantitative estimate of drug-likeness (QED) is 0.622. The molecule has 6 heteroatoms. The zero-order valence-electron chi connectivity index (χ0n) is 10.1. The number of carbonyl (C=O) groups is 1. The fourth-order valence-corrected chi connectivity index (χ4v) is 2.03. The van der Waals surface area contributed by atoms with Gasteiger partial charge in [0.15, 0.2) is 5.11 Å². The normalized spacial score (nSPS) is 14.4. The SMILES string of the molecule is COC(=O)c1ccccc1NC(=S)N1CCCN1. The Hall–Kier alpha value is -1.66. The predicted octanol–water partition coefficient (Wildman–Crippen LogP) is 1.38. The molecule has 5 nitrogen and oxygen atoms in total. The van der Waals surface area contributed by atoms with Crippen LogP contribution in [0, 0.1) is 0 Å². The molecule has 0 aliphatic carbocycles. The highest BCUT2D eigenvalue weighted by Crippen LogP contribution is 2.16. The van der Waals surface area contributed by atoms with Crippen LogP contribution in [0.15, 0.2) is 24.3 Å². The highest BCUT2D eigenvalue weighted by atomic mass is 32.1. The molecule has 0 saturated carbocycles. The first-order valence-electron chi connectivity index (χ1n) is 5.71. The van der Waals surface area contributed by atoms with Crippen LogP contribution in [0.2, 0.25) is 0 Å². The number of hydrogen-bond donors (Lipinski definition) is 2.